The number of hydrogen-bond acceptors (Lipinski definition) is 2. The minimum absolute atomic E-state index is 0.471. The Balaban J connectivity index is 1.87. The Hall–Kier alpha value is -2.19. The lowest BCUT2D eigenvalue weighted by molar-refractivity contribution is 0.625. The fourth-order valence-corrected chi connectivity index (χ4v) is 2.79. The van der Waals surface area contributed by atoms with Crippen molar-refractivity contribution in [3.05, 3.63) is 78.0 Å². The van der Waals surface area contributed by atoms with Crippen LogP contribution in [0.2, 0.25) is 0 Å². The molecule has 0 bridgehead atoms. The molecule has 1 aromatic heterocycles. The van der Waals surface area contributed by atoms with Gasteiger partial charge in [-0.2, -0.15) is 0 Å². The molecular formula is C19H20N2. The molecule has 0 aliphatic carbocycles. The van der Waals surface area contributed by atoms with Crippen molar-refractivity contribution < 1.29 is 0 Å². The quantitative estimate of drug-likeness (QED) is 0.767. The summed E-state index contributed by atoms with van der Waals surface area (Å²) in [4.78, 5) is 4.57. The lowest BCUT2D eigenvalue weighted by Crippen LogP contribution is -2.19. The SMILES string of the molecule is CNCC(Cc1cnc2ccccc2c1)c1ccccc1. The number of nitrogens with one attached hydrogen (secondary N) is 1. The van der Waals surface area contributed by atoms with Gasteiger partial charge in [0.1, 0.15) is 0 Å². The van der Waals surface area contributed by atoms with Crippen molar-refractivity contribution >= 4 is 10.9 Å². The third kappa shape index (κ3) is 3.29. The molecule has 0 aliphatic heterocycles. The molecule has 106 valence electrons. The van der Waals surface area contributed by atoms with E-state index in [4.69, 9.17) is 0 Å². The van der Waals surface area contributed by atoms with Gasteiger partial charge in [0.2, 0.25) is 0 Å². The molecule has 0 radical (unpaired) electrons. The standard InChI is InChI=1S/C19H20N2/c1-20-14-18(16-7-3-2-4-8-16)12-15-11-17-9-5-6-10-19(17)21-13-15/h2-11,13,18,20H,12,14H2,1H3. The van der Waals surface area contributed by atoms with E-state index in [1.54, 1.807) is 0 Å². The number of fused-ring (bicyclic) bond motifs is 1. The van der Waals surface area contributed by atoms with Crippen LogP contribution in [-0.2, 0) is 6.42 Å². The van der Waals surface area contributed by atoms with Gasteiger partial charge in [0.15, 0.2) is 0 Å². The monoisotopic (exact) mass is 276 g/mol. The van der Waals surface area contributed by atoms with Gasteiger partial charge in [0, 0.05) is 24.0 Å². The first-order chi connectivity index (χ1) is 10.4. The van der Waals surface area contributed by atoms with E-state index in [-0.39, 0.29) is 0 Å². The number of para-hydroxylation sites is 1. The van der Waals surface area contributed by atoms with Crippen LogP contribution in [0.5, 0.6) is 0 Å². The fraction of sp³-hybridized carbons (Fsp3) is 0.211. The largest absolute Gasteiger partial charge is 0.319 e. The van der Waals surface area contributed by atoms with Gasteiger partial charge < -0.3 is 5.32 Å². The summed E-state index contributed by atoms with van der Waals surface area (Å²) in [7, 11) is 2.01. The van der Waals surface area contributed by atoms with Crippen LogP contribution in [0.4, 0.5) is 0 Å². The summed E-state index contributed by atoms with van der Waals surface area (Å²) in [6.07, 6.45) is 3.01. The highest BCUT2D eigenvalue weighted by Crippen LogP contribution is 2.22. The summed E-state index contributed by atoms with van der Waals surface area (Å²) in [6, 6.07) is 21.2. The zero-order chi connectivity index (χ0) is 14.5. The predicted octanol–water partition coefficient (Wildman–Crippen LogP) is 3.78. The van der Waals surface area contributed by atoms with Crippen LogP contribution in [0.3, 0.4) is 0 Å². The van der Waals surface area contributed by atoms with Crippen LogP contribution in [0.1, 0.15) is 17.0 Å². The number of hydrogen-bond donors (Lipinski definition) is 1. The van der Waals surface area contributed by atoms with Gasteiger partial charge in [-0.1, -0.05) is 48.5 Å². The molecule has 0 saturated carbocycles. The Morgan fingerprint density at radius 3 is 2.57 bits per heavy atom. The maximum Gasteiger partial charge on any atom is 0.0702 e. The Morgan fingerprint density at radius 1 is 1.00 bits per heavy atom. The van der Waals surface area contributed by atoms with Gasteiger partial charge in [0.05, 0.1) is 5.52 Å². The molecule has 3 rings (SSSR count). The van der Waals surface area contributed by atoms with Crippen LogP contribution in [0.25, 0.3) is 10.9 Å². The van der Waals surface area contributed by atoms with Gasteiger partial charge >= 0.3 is 0 Å². The molecule has 1 unspecified atom stereocenters. The van der Waals surface area contributed by atoms with Crippen molar-refractivity contribution in [3.8, 4) is 0 Å². The summed E-state index contributed by atoms with van der Waals surface area (Å²) >= 11 is 0. The Kier molecular flexibility index (Phi) is 4.27. The average Bonchev–Trinajstić information content (AvgIpc) is 2.55. The molecule has 2 aromatic carbocycles. The van der Waals surface area contributed by atoms with E-state index >= 15 is 0 Å². The second-order valence-corrected chi connectivity index (χ2v) is 5.41. The van der Waals surface area contributed by atoms with E-state index in [2.05, 4.69) is 64.9 Å². The molecule has 0 spiro atoms. The summed E-state index contributed by atoms with van der Waals surface area (Å²) in [5.74, 6) is 0.471. The number of likely N-dealkylation sites (N-methyl/N-ethyl adjacent to an activating group) is 1. The van der Waals surface area contributed by atoms with Gasteiger partial charge in [-0.3, -0.25) is 4.98 Å². The van der Waals surface area contributed by atoms with E-state index in [0.717, 1.165) is 18.5 Å². The maximum absolute atomic E-state index is 4.57. The van der Waals surface area contributed by atoms with Crippen LogP contribution >= 0.6 is 0 Å². The van der Waals surface area contributed by atoms with Crippen LogP contribution in [-0.4, -0.2) is 18.6 Å². The summed E-state index contributed by atoms with van der Waals surface area (Å²) in [5.41, 5.74) is 3.73. The predicted molar refractivity (Wildman–Crippen MR) is 88.6 cm³/mol. The molecule has 0 fully saturated rings. The first kappa shape index (κ1) is 13.8. The number of nitrogens with zero attached hydrogens (tertiary/aromatic N) is 1. The highest BCUT2D eigenvalue weighted by Gasteiger charge is 2.12. The fourth-order valence-electron chi connectivity index (χ4n) is 2.79. The maximum atomic E-state index is 4.57. The molecule has 3 aromatic rings. The number of aromatic nitrogens is 1. The zero-order valence-electron chi connectivity index (χ0n) is 12.3. The van der Waals surface area contributed by atoms with E-state index < -0.39 is 0 Å². The summed E-state index contributed by atoms with van der Waals surface area (Å²) in [6.45, 7) is 0.969. The van der Waals surface area contributed by atoms with E-state index in [1.165, 1.54) is 16.5 Å². The minimum Gasteiger partial charge on any atom is -0.319 e. The second kappa shape index (κ2) is 6.51. The van der Waals surface area contributed by atoms with Crippen molar-refractivity contribution in [3.63, 3.8) is 0 Å². The van der Waals surface area contributed by atoms with Gasteiger partial charge in [-0.05, 0) is 36.7 Å². The zero-order valence-corrected chi connectivity index (χ0v) is 12.3. The Morgan fingerprint density at radius 2 is 1.76 bits per heavy atom. The lowest BCUT2D eigenvalue weighted by atomic mass is 9.92. The van der Waals surface area contributed by atoms with Crippen LogP contribution in [0.15, 0.2) is 66.9 Å². The normalized spacial score (nSPS) is 12.4. The van der Waals surface area contributed by atoms with Crippen LogP contribution < -0.4 is 5.32 Å². The number of pyridine rings is 1. The van der Waals surface area contributed by atoms with E-state index in [1.807, 2.05) is 19.3 Å². The topological polar surface area (TPSA) is 24.9 Å². The summed E-state index contributed by atoms with van der Waals surface area (Å²) < 4.78 is 0. The Bertz CT molecular complexity index is 707. The molecule has 0 saturated heterocycles. The van der Waals surface area contributed by atoms with Crippen molar-refractivity contribution in [2.45, 2.75) is 12.3 Å². The molecule has 2 heteroatoms. The highest BCUT2D eigenvalue weighted by molar-refractivity contribution is 5.78. The molecule has 1 heterocycles. The first-order valence-corrected chi connectivity index (χ1v) is 7.40. The molecule has 0 aliphatic rings. The average molecular weight is 276 g/mol. The molecule has 1 atom stereocenters. The summed E-state index contributed by atoms with van der Waals surface area (Å²) in [5, 5.41) is 4.52. The van der Waals surface area contributed by atoms with Gasteiger partial charge in [0.25, 0.3) is 0 Å². The van der Waals surface area contributed by atoms with Gasteiger partial charge in [-0.25, -0.2) is 0 Å². The molecule has 1 N–H and O–H groups in total. The third-order valence-corrected chi connectivity index (χ3v) is 3.85. The molecule has 2 nitrogen and oxygen atoms in total. The molecular weight excluding hydrogens is 256 g/mol. The minimum atomic E-state index is 0.471. The van der Waals surface area contributed by atoms with E-state index in [9.17, 15) is 0 Å². The van der Waals surface area contributed by atoms with Crippen molar-refractivity contribution in [2.75, 3.05) is 13.6 Å². The first-order valence-electron chi connectivity index (χ1n) is 7.40. The second-order valence-electron chi connectivity index (χ2n) is 5.41. The molecule has 0 amide bonds. The van der Waals surface area contributed by atoms with Gasteiger partial charge in [-0.15, -0.1) is 0 Å². The lowest BCUT2D eigenvalue weighted by Gasteiger charge is -2.17. The molecule has 21 heavy (non-hydrogen) atoms. The number of rotatable bonds is 5. The number of benzene rings is 2. The van der Waals surface area contributed by atoms with Crippen LogP contribution in [0, 0.1) is 0 Å². The van der Waals surface area contributed by atoms with Crippen molar-refractivity contribution in [1.29, 1.82) is 0 Å². The smallest absolute Gasteiger partial charge is 0.0702 e. The van der Waals surface area contributed by atoms with Crippen molar-refractivity contribution in [1.82, 2.24) is 10.3 Å². The Labute approximate surface area is 125 Å². The third-order valence-electron chi connectivity index (χ3n) is 3.85. The van der Waals surface area contributed by atoms with E-state index in [0.29, 0.717) is 5.92 Å². The highest BCUT2D eigenvalue weighted by atomic mass is 14.8. The van der Waals surface area contributed by atoms with Crippen molar-refractivity contribution in [2.24, 2.45) is 0 Å².